The molecule has 0 saturated carbocycles. The van der Waals surface area contributed by atoms with Crippen LogP contribution in [0.2, 0.25) is 0 Å². The van der Waals surface area contributed by atoms with Gasteiger partial charge in [-0.25, -0.2) is 4.79 Å². The third-order valence-corrected chi connectivity index (χ3v) is 6.31. The van der Waals surface area contributed by atoms with Crippen LogP contribution in [0.5, 0.6) is 11.5 Å². The van der Waals surface area contributed by atoms with Crippen LogP contribution < -0.4 is 14.8 Å². The van der Waals surface area contributed by atoms with Gasteiger partial charge in [-0.05, 0) is 69.0 Å². The molecule has 2 aliphatic rings. The first-order chi connectivity index (χ1) is 14.7. The molecule has 0 fully saturated rings. The first kappa shape index (κ1) is 21.1. The zero-order valence-electron chi connectivity index (χ0n) is 19.4. The number of amides is 2. The number of urea groups is 1. The number of carbonyl (C=O) groups excluding carboxylic acids is 1. The van der Waals surface area contributed by atoms with Gasteiger partial charge in [0.15, 0.2) is 11.5 Å². The Morgan fingerprint density at radius 1 is 1.00 bits per heavy atom. The van der Waals surface area contributed by atoms with Gasteiger partial charge in [-0.15, -0.1) is 0 Å². The Bertz CT molecular complexity index is 1050. The molecule has 2 aliphatic heterocycles. The molecule has 2 aromatic carbocycles. The van der Waals surface area contributed by atoms with Crippen molar-refractivity contribution in [3.63, 3.8) is 0 Å². The Morgan fingerprint density at radius 2 is 1.61 bits per heavy atom. The van der Waals surface area contributed by atoms with E-state index in [1.807, 2.05) is 24.1 Å². The number of rotatable bonds is 4. The van der Waals surface area contributed by atoms with E-state index in [4.69, 9.17) is 9.47 Å². The third-order valence-electron chi connectivity index (χ3n) is 6.31. The van der Waals surface area contributed by atoms with Crippen LogP contribution in [0.25, 0.3) is 5.70 Å². The lowest BCUT2D eigenvalue weighted by molar-refractivity contribution is 0.158. The fourth-order valence-corrected chi connectivity index (χ4v) is 4.81. The van der Waals surface area contributed by atoms with Crippen molar-refractivity contribution in [2.24, 2.45) is 0 Å². The van der Waals surface area contributed by atoms with E-state index >= 15 is 0 Å². The number of hydrogen-bond donors (Lipinski definition) is 1. The normalized spacial score (nSPS) is 20.1. The predicted molar refractivity (Wildman–Crippen MR) is 124 cm³/mol. The van der Waals surface area contributed by atoms with E-state index in [0.29, 0.717) is 11.5 Å². The third kappa shape index (κ3) is 3.50. The van der Waals surface area contributed by atoms with Gasteiger partial charge in [-0.1, -0.05) is 17.7 Å². The van der Waals surface area contributed by atoms with Crippen molar-refractivity contribution < 1.29 is 14.3 Å². The van der Waals surface area contributed by atoms with Crippen LogP contribution in [0.4, 0.5) is 10.5 Å². The number of likely N-dealkylation sites (N-methyl/N-ethyl adjacent to an activating group) is 1. The van der Waals surface area contributed by atoms with Crippen LogP contribution in [0.15, 0.2) is 30.3 Å². The minimum absolute atomic E-state index is 0.00893. The molecule has 2 aromatic rings. The zero-order valence-corrected chi connectivity index (χ0v) is 19.4. The van der Waals surface area contributed by atoms with Crippen LogP contribution in [0, 0.1) is 20.8 Å². The van der Waals surface area contributed by atoms with Gasteiger partial charge in [0.25, 0.3) is 0 Å². The maximum absolute atomic E-state index is 13.4. The lowest BCUT2D eigenvalue weighted by Crippen LogP contribution is -2.55. The summed E-state index contributed by atoms with van der Waals surface area (Å²) in [6.45, 7) is 8.38. The average Bonchev–Trinajstić information content (AvgIpc) is 2.72. The summed E-state index contributed by atoms with van der Waals surface area (Å²) in [5.41, 5.74) is 7.72. The van der Waals surface area contributed by atoms with E-state index in [9.17, 15) is 4.79 Å². The second-order valence-electron chi connectivity index (χ2n) is 8.60. The molecule has 6 nitrogen and oxygen atoms in total. The van der Waals surface area contributed by atoms with Crippen molar-refractivity contribution in [2.75, 3.05) is 26.6 Å². The SMILES string of the molecule is COc1cc2c(cc1OC)C1=CC(Nc3c(C)cc(C)cc3C)N(C)C(=O)N1C(C)C2. The summed E-state index contributed by atoms with van der Waals surface area (Å²) in [4.78, 5) is 17.1. The summed E-state index contributed by atoms with van der Waals surface area (Å²) in [6, 6.07) is 8.38. The van der Waals surface area contributed by atoms with Crippen molar-refractivity contribution in [1.29, 1.82) is 0 Å². The predicted octanol–water partition coefficient (Wildman–Crippen LogP) is 4.72. The smallest absolute Gasteiger partial charge is 0.326 e. The summed E-state index contributed by atoms with van der Waals surface area (Å²) < 4.78 is 11.0. The highest BCUT2D eigenvalue weighted by Crippen LogP contribution is 2.41. The minimum Gasteiger partial charge on any atom is -0.493 e. The standard InChI is InChI=1S/C25H31N3O3/c1-14-8-15(2)24(16(3)9-14)26-23-13-20-19-12-22(31-7)21(30-6)11-18(19)10-17(4)28(20)25(29)27(23)5/h8-9,11-13,17,23,26H,10H2,1-7H3. The second kappa shape index (κ2) is 7.84. The summed E-state index contributed by atoms with van der Waals surface area (Å²) in [7, 11) is 5.13. The molecule has 1 N–H and O–H groups in total. The number of nitrogens with one attached hydrogen (secondary N) is 1. The lowest BCUT2D eigenvalue weighted by atomic mass is 9.90. The highest BCUT2D eigenvalue weighted by Gasteiger charge is 2.39. The van der Waals surface area contributed by atoms with Crippen molar-refractivity contribution in [2.45, 2.75) is 46.3 Å². The molecule has 164 valence electrons. The maximum Gasteiger partial charge on any atom is 0.326 e. The lowest BCUT2D eigenvalue weighted by Gasteiger charge is -2.45. The number of hydrogen-bond acceptors (Lipinski definition) is 4. The highest BCUT2D eigenvalue weighted by molar-refractivity contribution is 5.91. The van der Waals surface area contributed by atoms with Gasteiger partial charge < -0.3 is 19.7 Å². The van der Waals surface area contributed by atoms with E-state index in [2.05, 4.69) is 51.2 Å². The molecule has 31 heavy (non-hydrogen) atoms. The first-order valence-electron chi connectivity index (χ1n) is 10.6. The number of carbonyl (C=O) groups is 1. The molecule has 6 heteroatoms. The molecule has 2 atom stereocenters. The van der Waals surface area contributed by atoms with E-state index in [0.717, 1.165) is 28.9 Å². The van der Waals surface area contributed by atoms with Crippen molar-refractivity contribution in [1.82, 2.24) is 9.80 Å². The van der Waals surface area contributed by atoms with Crippen LogP contribution in [0.3, 0.4) is 0 Å². The average molecular weight is 422 g/mol. The van der Waals surface area contributed by atoms with Crippen LogP contribution in [0.1, 0.15) is 34.7 Å². The summed E-state index contributed by atoms with van der Waals surface area (Å²) in [6.07, 6.45) is 2.65. The van der Waals surface area contributed by atoms with E-state index in [1.165, 1.54) is 16.7 Å². The Morgan fingerprint density at radius 3 is 2.23 bits per heavy atom. The second-order valence-corrected chi connectivity index (χ2v) is 8.60. The highest BCUT2D eigenvalue weighted by atomic mass is 16.5. The molecule has 0 aromatic heterocycles. The molecule has 4 rings (SSSR count). The molecular weight excluding hydrogens is 390 g/mol. The van der Waals surface area contributed by atoms with E-state index in [1.54, 1.807) is 19.1 Å². The molecule has 0 spiro atoms. The van der Waals surface area contributed by atoms with Gasteiger partial charge in [-0.2, -0.15) is 0 Å². The molecule has 0 saturated heterocycles. The largest absolute Gasteiger partial charge is 0.493 e. The fraction of sp³-hybridized carbons (Fsp3) is 0.400. The van der Waals surface area contributed by atoms with Gasteiger partial charge >= 0.3 is 6.03 Å². The number of ether oxygens (including phenoxy) is 2. The summed E-state index contributed by atoms with van der Waals surface area (Å²) >= 11 is 0. The van der Waals surface area contributed by atoms with E-state index < -0.39 is 0 Å². The molecule has 2 unspecified atom stereocenters. The number of nitrogens with zero attached hydrogens (tertiary/aromatic N) is 2. The van der Waals surface area contributed by atoms with Gasteiger partial charge in [0, 0.05) is 24.3 Å². The Balaban J connectivity index is 1.82. The summed E-state index contributed by atoms with van der Waals surface area (Å²) in [5, 5.41) is 3.60. The Hall–Kier alpha value is -3.15. The monoisotopic (exact) mass is 421 g/mol. The molecule has 2 amide bonds. The fourth-order valence-electron chi connectivity index (χ4n) is 4.81. The zero-order chi connectivity index (χ0) is 22.4. The Labute approximate surface area is 184 Å². The number of fused-ring (bicyclic) bond motifs is 3. The minimum atomic E-state index is -0.259. The molecule has 0 radical (unpaired) electrons. The molecular formula is C25H31N3O3. The maximum atomic E-state index is 13.4. The first-order valence-corrected chi connectivity index (χ1v) is 10.6. The van der Waals surface area contributed by atoms with Gasteiger partial charge in [0.05, 0.1) is 19.9 Å². The van der Waals surface area contributed by atoms with Crippen molar-refractivity contribution in [3.05, 3.63) is 58.2 Å². The number of methoxy groups -OCH3 is 2. The van der Waals surface area contributed by atoms with Crippen molar-refractivity contribution >= 4 is 17.4 Å². The number of anilines is 1. The summed E-state index contributed by atoms with van der Waals surface area (Å²) in [5.74, 6) is 1.38. The van der Waals surface area contributed by atoms with Gasteiger partial charge in [0.2, 0.25) is 0 Å². The number of aryl methyl sites for hydroxylation is 3. The Kier molecular flexibility index (Phi) is 5.33. The molecule has 2 heterocycles. The van der Waals surface area contributed by atoms with E-state index in [-0.39, 0.29) is 18.2 Å². The molecule has 0 aliphatic carbocycles. The van der Waals surface area contributed by atoms with Gasteiger partial charge in [-0.3, -0.25) is 4.90 Å². The van der Waals surface area contributed by atoms with Crippen LogP contribution in [-0.4, -0.2) is 49.3 Å². The quantitative estimate of drug-likeness (QED) is 0.776. The number of benzene rings is 2. The van der Waals surface area contributed by atoms with Gasteiger partial charge in [0.1, 0.15) is 6.17 Å². The topological polar surface area (TPSA) is 54.0 Å². The molecule has 0 bridgehead atoms. The van der Waals surface area contributed by atoms with Crippen LogP contribution in [-0.2, 0) is 6.42 Å². The van der Waals surface area contributed by atoms with Crippen LogP contribution >= 0.6 is 0 Å². The van der Waals surface area contributed by atoms with Crippen molar-refractivity contribution in [3.8, 4) is 11.5 Å².